The highest BCUT2D eigenvalue weighted by Gasteiger charge is 2.46. The Morgan fingerprint density at radius 1 is 1.39 bits per heavy atom. The van der Waals surface area contributed by atoms with Crippen molar-refractivity contribution in [3.63, 3.8) is 0 Å². The van der Waals surface area contributed by atoms with Gasteiger partial charge in [0, 0.05) is 13.5 Å². The lowest BCUT2D eigenvalue weighted by Crippen LogP contribution is -2.65. The highest BCUT2D eigenvalue weighted by atomic mass is 16.6. The molecule has 1 unspecified atom stereocenters. The number of carbonyl (C=O) groups excluding carboxylic acids is 2. The van der Waals surface area contributed by atoms with Crippen LogP contribution < -0.4 is 10.6 Å². The van der Waals surface area contributed by atoms with Crippen LogP contribution in [0.15, 0.2) is 0 Å². The smallest absolute Gasteiger partial charge is 0.217 e. The average Bonchev–Trinajstić information content (AvgIpc) is 2.51. The zero-order valence-electron chi connectivity index (χ0n) is 13.5. The quantitative estimate of drug-likeness (QED) is 0.308. The minimum atomic E-state index is -1.42. The van der Waals surface area contributed by atoms with Crippen molar-refractivity contribution in [1.29, 1.82) is 0 Å². The second-order valence-electron chi connectivity index (χ2n) is 5.71. The summed E-state index contributed by atoms with van der Waals surface area (Å²) < 4.78 is 10.8. The number of hydrogen-bond donors (Lipinski definition) is 5. The molecule has 23 heavy (non-hydrogen) atoms. The van der Waals surface area contributed by atoms with Gasteiger partial charge in [-0.1, -0.05) is 0 Å². The summed E-state index contributed by atoms with van der Waals surface area (Å²) in [4.78, 5) is 21.9. The molecule has 1 saturated heterocycles. The van der Waals surface area contributed by atoms with Gasteiger partial charge in [-0.3, -0.25) is 4.79 Å². The standard InChI is InChI=1S/C14H26N2O7/c1-7(5-17)15-4-8(2)22-13-11(16-9(3)19)14(21)23-10(6-18)12(13)20/h5,7-8,10-15,18,20-21H,4,6H2,1-3H3,(H,16,19)/t7-,8?,10-,11-,12-,13-,14+/m1/s1. The third-order valence-corrected chi connectivity index (χ3v) is 3.56. The van der Waals surface area contributed by atoms with E-state index in [1.165, 1.54) is 6.92 Å². The summed E-state index contributed by atoms with van der Waals surface area (Å²) in [7, 11) is 0. The molecule has 1 heterocycles. The molecule has 1 amide bonds. The fraction of sp³-hybridized carbons (Fsp3) is 0.857. The predicted molar refractivity (Wildman–Crippen MR) is 79.4 cm³/mol. The summed E-state index contributed by atoms with van der Waals surface area (Å²) in [6, 6.07) is -1.32. The third kappa shape index (κ3) is 5.79. The summed E-state index contributed by atoms with van der Waals surface area (Å²) in [5, 5.41) is 34.9. The Morgan fingerprint density at radius 2 is 2.04 bits per heavy atom. The van der Waals surface area contributed by atoms with Gasteiger partial charge >= 0.3 is 0 Å². The number of carbonyl (C=O) groups is 2. The maximum Gasteiger partial charge on any atom is 0.217 e. The van der Waals surface area contributed by atoms with Crippen LogP contribution in [0, 0.1) is 0 Å². The van der Waals surface area contributed by atoms with Gasteiger partial charge in [-0.25, -0.2) is 0 Å². The molecule has 5 N–H and O–H groups in total. The molecule has 0 saturated carbocycles. The number of rotatable bonds is 8. The Balaban J connectivity index is 2.76. The maximum atomic E-state index is 11.3. The Bertz CT molecular complexity index is 395. The second kappa shape index (κ2) is 9.26. The number of nitrogens with one attached hydrogen (secondary N) is 2. The Hall–Kier alpha value is -1.10. The second-order valence-corrected chi connectivity index (χ2v) is 5.71. The van der Waals surface area contributed by atoms with Gasteiger partial charge in [0.1, 0.15) is 30.6 Å². The van der Waals surface area contributed by atoms with Crippen LogP contribution >= 0.6 is 0 Å². The van der Waals surface area contributed by atoms with E-state index < -0.39 is 49.3 Å². The molecule has 0 aromatic rings. The van der Waals surface area contributed by atoms with Crippen molar-refractivity contribution in [2.45, 2.75) is 63.6 Å². The number of aliphatic hydroxyl groups excluding tert-OH is 3. The van der Waals surface area contributed by atoms with Gasteiger partial charge in [0.25, 0.3) is 0 Å². The Morgan fingerprint density at radius 3 is 2.57 bits per heavy atom. The normalized spacial score (nSPS) is 33.7. The third-order valence-electron chi connectivity index (χ3n) is 3.56. The average molecular weight is 334 g/mol. The molecule has 134 valence electrons. The molecule has 1 fully saturated rings. The summed E-state index contributed by atoms with van der Waals surface area (Å²) >= 11 is 0. The molecule has 0 aromatic carbocycles. The molecule has 9 heteroatoms. The van der Waals surface area contributed by atoms with Crippen molar-refractivity contribution < 1.29 is 34.4 Å². The van der Waals surface area contributed by atoms with Gasteiger partial charge in [-0.2, -0.15) is 0 Å². The van der Waals surface area contributed by atoms with E-state index in [0.29, 0.717) is 6.54 Å². The number of aliphatic hydroxyl groups is 3. The molecular formula is C14H26N2O7. The first-order valence-corrected chi connectivity index (χ1v) is 7.53. The van der Waals surface area contributed by atoms with Gasteiger partial charge in [0.05, 0.1) is 18.8 Å². The number of hydrogen-bond acceptors (Lipinski definition) is 8. The molecule has 9 nitrogen and oxygen atoms in total. The van der Waals surface area contributed by atoms with Crippen molar-refractivity contribution in [2.24, 2.45) is 0 Å². The first kappa shape index (κ1) is 19.9. The highest BCUT2D eigenvalue weighted by molar-refractivity contribution is 5.73. The van der Waals surface area contributed by atoms with E-state index in [2.05, 4.69) is 10.6 Å². The molecule has 7 atom stereocenters. The summed E-state index contributed by atoms with van der Waals surface area (Å²) in [6.07, 6.45) is -4.30. The zero-order chi connectivity index (χ0) is 17.6. The van der Waals surface area contributed by atoms with Crippen LogP contribution in [0.4, 0.5) is 0 Å². The molecule has 0 aromatic heterocycles. The van der Waals surface area contributed by atoms with E-state index in [-0.39, 0.29) is 6.04 Å². The van der Waals surface area contributed by atoms with E-state index in [4.69, 9.17) is 9.47 Å². The largest absolute Gasteiger partial charge is 0.394 e. The lowest BCUT2D eigenvalue weighted by Gasteiger charge is -2.43. The van der Waals surface area contributed by atoms with Crippen molar-refractivity contribution in [1.82, 2.24) is 10.6 Å². The van der Waals surface area contributed by atoms with E-state index in [1.807, 2.05) is 0 Å². The fourth-order valence-corrected chi connectivity index (χ4v) is 2.35. The lowest BCUT2D eigenvalue weighted by molar-refractivity contribution is -0.267. The minimum Gasteiger partial charge on any atom is -0.394 e. The highest BCUT2D eigenvalue weighted by Crippen LogP contribution is 2.23. The molecule has 0 aliphatic carbocycles. The molecule has 0 bridgehead atoms. The van der Waals surface area contributed by atoms with E-state index >= 15 is 0 Å². The predicted octanol–water partition coefficient (Wildman–Crippen LogP) is -2.49. The van der Waals surface area contributed by atoms with Gasteiger partial charge in [0.15, 0.2) is 6.29 Å². The number of aldehydes is 1. The zero-order valence-corrected chi connectivity index (χ0v) is 13.5. The summed E-state index contributed by atoms with van der Waals surface area (Å²) in [5.41, 5.74) is 0. The van der Waals surface area contributed by atoms with Crippen LogP contribution in [0.2, 0.25) is 0 Å². The summed E-state index contributed by atoms with van der Waals surface area (Å²) in [5.74, 6) is -0.416. The van der Waals surface area contributed by atoms with Crippen molar-refractivity contribution in [2.75, 3.05) is 13.2 Å². The van der Waals surface area contributed by atoms with Crippen molar-refractivity contribution in [3.8, 4) is 0 Å². The first-order chi connectivity index (χ1) is 10.8. The van der Waals surface area contributed by atoms with Gasteiger partial charge in [0.2, 0.25) is 5.91 Å². The molecular weight excluding hydrogens is 308 g/mol. The number of ether oxygens (including phenoxy) is 2. The van der Waals surface area contributed by atoms with E-state index in [1.54, 1.807) is 13.8 Å². The van der Waals surface area contributed by atoms with Crippen molar-refractivity contribution >= 4 is 12.2 Å². The van der Waals surface area contributed by atoms with Crippen LogP contribution in [-0.4, -0.2) is 83.5 Å². The van der Waals surface area contributed by atoms with Crippen LogP contribution in [0.25, 0.3) is 0 Å². The minimum absolute atomic E-state index is 0.330. The van der Waals surface area contributed by atoms with Gasteiger partial charge < -0.3 is 40.2 Å². The first-order valence-electron chi connectivity index (χ1n) is 7.53. The number of amides is 1. The van der Waals surface area contributed by atoms with Crippen LogP contribution in [-0.2, 0) is 19.1 Å². The van der Waals surface area contributed by atoms with Crippen LogP contribution in [0.3, 0.4) is 0 Å². The SMILES string of the molecule is CC(=O)N[C@@H]1[C@@H](OC(C)CN[C@H](C)C=O)[C@H](O)[C@@H](CO)O[C@@H]1O. The van der Waals surface area contributed by atoms with Crippen LogP contribution in [0.5, 0.6) is 0 Å². The fourth-order valence-electron chi connectivity index (χ4n) is 2.35. The molecule has 1 aliphatic heterocycles. The Labute approximate surface area is 135 Å². The van der Waals surface area contributed by atoms with Crippen molar-refractivity contribution in [3.05, 3.63) is 0 Å². The summed E-state index contributed by atoms with van der Waals surface area (Å²) in [6.45, 7) is 4.51. The molecule has 1 rings (SSSR count). The van der Waals surface area contributed by atoms with E-state index in [9.17, 15) is 24.9 Å². The lowest BCUT2D eigenvalue weighted by atomic mass is 9.96. The Kier molecular flexibility index (Phi) is 8.03. The van der Waals surface area contributed by atoms with Gasteiger partial charge in [-0.05, 0) is 13.8 Å². The monoisotopic (exact) mass is 334 g/mol. The topological polar surface area (TPSA) is 137 Å². The maximum absolute atomic E-state index is 11.3. The molecule has 0 spiro atoms. The molecule has 0 radical (unpaired) electrons. The van der Waals surface area contributed by atoms with E-state index in [0.717, 1.165) is 6.29 Å². The molecule has 1 aliphatic rings. The van der Waals surface area contributed by atoms with Gasteiger partial charge in [-0.15, -0.1) is 0 Å². The van der Waals surface area contributed by atoms with Crippen LogP contribution in [0.1, 0.15) is 20.8 Å².